The number of nitrogens with two attached hydrogens (primary N) is 1. The molecule has 0 saturated carbocycles. The number of hydrogen-bond acceptors (Lipinski definition) is 5. The van der Waals surface area contributed by atoms with Gasteiger partial charge >= 0.3 is 5.97 Å². The summed E-state index contributed by atoms with van der Waals surface area (Å²) in [6.07, 6.45) is 0. The minimum Gasteiger partial charge on any atom is -0.489 e. The molecular formula is C16H14N2O3. The molecule has 2 N–H and O–H groups in total. The number of esters is 1. The van der Waals surface area contributed by atoms with E-state index in [4.69, 9.17) is 20.5 Å². The van der Waals surface area contributed by atoms with Crippen LogP contribution in [0.25, 0.3) is 0 Å². The van der Waals surface area contributed by atoms with Crippen molar-refractivity contribution < 1.29 is 14.3 Å². The maximum atomic E-state index is 11.8. The quantitative estimate of drug-likeness (QED) is 0.688. The number of ether oxygens (including phenoxy) is 2. The molecule has 0 fully saturated rings. The van der Waals surface area contributed by atoms with Gasteiger partial charge in [-0.05, 0) is 24.3 Å². The number of anilines is 1. The summed E-state index contributed by atoms with van der Waals surface area (Å²) in [4.78, 5) is 11.8. The summed E-state index contributed by atoms with van der Waals surface area (Å²) in [6, 6.07) is 13.9. The van der Waals surface area contributed by atoms with E-state index in [-0.39, 0.29) is 6.61 Å². The molecule has 0 bridgehead atoms. The van der Waals surface area contributed by atoms with E-state index in [0.717, 1.165) is 0 Å². The van der Waals surface area contributed by atoms with Gasteiger partial charge in [-0.1, -0.05) is 18.2 Å². The van der Waals surface area contributed by atoms with Gasteiger partial charge in [-0.2, -0.15) is 5.26 Å². The van der Waals surface area contributed by atoms with Crippen molar-refractivity contribution in [2.24, 2.45) is 0 Å². The van der Waals surface area contributed by atoms with Crippen LogP contribution in [0.15, 0.2) is 42.5 Å². The summed E-state index contributed by atoms with van der Waals surface area (Å²) in [5.74, 6) is 0.0461. The van der Waals surface area contributed by atoms with Gasteiger partial charge in [-0.15, -0.1) is 0 Å². The number of rotatable bonds is 4. The monoisotopic (exact) mass is 282 g/mol. The normalized spacial score (nSPS) is 9.71. The van der Waals surface area contributed by atoms with Crippen LogP contribution in [-0.4, -0.2) is 13.1 Å². The van der Waals surface area contributed by atoms with Crippen molar-refractivity contribution in [2.45, 2.75) is 6.61 Å². The molecule has 106 valence electrons. The van der Waals surface area contributed by atoms with E-state index in [1.54, 1.807) is 42.5 Å². The predicted octanol–water partition coefficient (Wildman–Crippen LogP) is 2.51. The van der Waals surface area contributed by atoms with E-state index in [9.17, 15) is 4.79 Å². The second-order valence-electron chi connectivity index (χ2n) is 4.30. The zero-order valence-corrected chi connectivity index (χ0v) is 11.5. The molecule has 0 aliphatic heterocycles. The van der Waals surface area contributed by atoms with Crippen molar-refractivity contribution in [2.75, 3.05) is 12.8 Å². The Morgan fingerprint density at radius 2 is 2.05 bits per heavy atom. The number of nitrogens with zero attached hydrogens (tertiary/aromatic N) is 1. The van der Waals surface area contributed by atoms with Crippen molar-refractivity contribution in [1.29, 1.82) is 5.26 Å². The number of methoxy groups -OCH3 is 1. The summed E-state index contributed by atoms with van der Waals surface area (Å²) in [6.45, 7) is 0.157. The van der Waals surface area contributed by atoms with E-state index in [1.807, 2.05) is 6.07 Å². The molecule has 0 unspecified atom stereocenters. The van der Waals surface area contributed by atoms with Crippen molar-refractivity contribution in [3.63, 3.8) is 0 Å². The van der Waals surface area contributed by atoms with Gasteiger partial charge in [0.1, 0.15) is 12.4 Å². The summed E-state index contributed by atoms with van der Waals surface area (Å²) >= 11 is 0. The van der Waals surface area contributed by atoms with E-state index in [2.05, 4.69) is 0 Å². The molecule has 0 aliphatic carbocycles. The van der Waals surface area contributed by atoms with E-state index in [0.29, 0.717) is 28.1 Å². The van der Waals surface area contributed by atoms with Gasteiger partial charge in [0.05, 0.1) is 24.3 Å². The van der Waals surface area contributed by atoms with E-state index < -0.39 is 5.97 Å². The molecule has 0 aromatic heterocycles. The number of hydrogen-bond donors (Lipinski definition) is 1. The average molecular weight is 282 g/mol. The van der Waals surface area contributed by atoms with Crippen LogP contribution in [0.1, 0.15) is 21.5 Å². The van der Waals surface area contributed by atoms with Crippen molar-refractivity contribution >= 4 is 11.7 Å². The van der Waals surface area contributed by atoms with E-state index >= 15 is 0 Å². The summed E-state index contributed by atoms with van der Waals surface area (Å²) < 4.78 is 10.3. The molecule has 2 rings (SSSR count). The molecule has 2 aromatic carbocycles. The number of benzene rings is 2. The largest absolute Gasteiger partial charge is 0.489 e. The van der Waals surface area contributed by atoms with Crippen LogP contribution < -0.4 is 10.5 Å². The van der Waals surface area contributed by atoms with Crippen LogP contribution >= 0.6 is 0 Å². The van der Waals surface area contributed by atoms with Crippen molar-refractivity contribution in [3.05, 3.63) is 59.2 Å². The van der Waals surface area contributed by atoms with Gasteiger partial charge in [-0.3, -0.25) is 0 Å². The molecule has 0 amide bonds. The second-order valence-corrected chi connectivity index (χ2v) is 4.30. The van der Waals surface area contributed by atoms with Gasteiger partial charge in [0.15, 0.2) is 0 Å². The summed E-state index contributed by atoms with van der Waals surface area (Å²) in [5.41, 5.74) is 7.59. The van der Waals surface area contributed by atoms with Crippen LogP contribution in [0.4, 0.5) is 5.69 Å². The average Bonchev–Trinajstić information content (AvgIpc) is 2.52. The molecular weight excluding hydrogens is 268 g/mol. The van der Waals surface area contributed by atoms with Crippen LogP contribution in [0.3, 0.4) is 0 Å². The molecule has 0 heterocycles. The van der Waals surface area contributed by atoms with Gasteiger partial charge < -0.3 is 15.2 Å². The Balaban J connectivity index is 2.22. The lowest BCUT2D eigenvalue weighted by Crippen LogP contribution is -2.11. The molecule has 0 atom stereocenters. The predicted molar refractivity (Wildman–Crippen MR) is 77.7 cm³/mol. The fourth-order valence-corrected chi connectivity index (χ4v) is 1.91. The number of carbonyl (C=O) groups excluding carboxylic acids is 1. The first-order valence-electron chi connectivity index (χ1n) is 6.24. The fraction of sp³-hybridized carbons (Fsp3) is 0.125. The molecule has 0 saturated heterocycles. The second kappa shape index (κ2) is 6.44. The van der Waals surface area contributed by atoms with Crippen LogP contribution in [0.5, 0.6) is 5.75 Å². The van der Waals surface area contributed by atoms with Crippen LogP contribution in [0.2, 0.25) is 0 Å². The minimum absolute atomic E-state index is 0.157. The Morgan fingerprint density at radius 3 is 2.76 bits per heavy atom. The zero-order chi connectivity index (χ0) is 15.2. The molecule has 0 aliphatic rings. The molecule has 0 radical (unpaired) electrons. The third-order valence-electron chi connectivity index (χ3n) is 2.93. The van der Waals surface area contributed by atoms with Crippen LogP contribution in [0, 0.1) is 11.3 Å². The Bertz CT molecular complexity index is 705. The Kier molecular flexibility index (Phi) is 4.42. The number of nitriles is 1. The smallest absolute Gasteiger partial charge is 0.340 e. The number of carbonyl (C=O) groups is 1. The fourth-order valence-electron chi connectivity index (χ4n) is 1.91. The third kappa shape index (κ3) is 3.31. The lowest BCUT2D eigenvalue weighted by molar-refractivity contribution is 0.0599. The Labute approximate surface area is 122 Å². The molecule has 5 nitrogen and oxygen atoms in total. The molecule has 0 spiro atoms. The van der Waals surface area contributed by atoms with Gasteiger partial charge in [0, 0.05) is 11.3 Å². The van der Waals surface area contributed by atoms with Crippen LogP contribution in [-0.2, 0) is 11.3 Å². The molecule has 5 heteroatoms. The van der Waals surface area contributed by atoms with Gasteiger partial charge in [0.25, 0.3) is 0 Å². The first kappa shape index (κ1) is 14.4. The summed E-state index contributed by atoms with van der Waals surface area (Å²) in [5, 5.41) is 8.85. The zero-order valence-electron chi connectivity index (χ0n) is 11.5. The molecule has 21 heavy (non-hydrogen) atoms. The van der Waals surface area contributed by atoms with Gasteiger partial charge in [-0.25, -0.2) is 4.79 Å². The highest BCUT2D eigenvalue weighted by atomic mass is 16.5. The highest BCUT2D eigenvalue weighted by Crippen LogP contribution is 2.21. The lowest BCUT2D eigenvalue weighted by Gasteiger charge is -2.12. The maximum Gasteiger partial charge on any atom is 0.340 e. The first-order valence-corrected chi connectivity index (χ1v) is 6.24. The van der Waals surface area contributed by atoms with E-state index in [1.165, 1.54) is 7.11 Å². The van der Waals surface area contributed by atoms with Crippen molar-refractivity contribution in [1.82, 2.24) is 0 Å². The third-order valence-corrected chi connectivity index (χ3v) is 2.93. The lowest BCUT2D eigenvalue weighted by atomic mass is 10.1. The summed E-state index contributed by atoms with van der Waals surface area (Å²) in [7, 11) is 1.30. The Hall–Kier alpha value is -3.00. The standard InChI is InChI=1S/C16H14N2O3/c1-20-16(19)15-12(5-3-7-14(15)18)10-21-13-6-2-4-11(8-13)9-17/h2-8H,10,18H2,1H3. The number of nitrogen functional groups attached to an aromatic ring is 1. The topological polar surface area (TPSA) is 85.3 Å². The highest BCUT2D eigenvalue weighted by molar-refractivity contribution is 5.96. The minimum atomic E-state index is -0.502. The Morgan fingerprint density at radius 1 is 1.29 bits per heavy atom. The molecule has 2 aromatic rings. The van der Waals surface area contributed by atoms with Gasteiger partial charge in [0.2, 0.25) is 0 Å². The maximum absolute atomic E-state index is 11.8. The highest BCUT2D eigenvalue weighted by Gasteiger charge is 2.15. The SMILES string of the molecule is COC(=O)c1c(N)cccc1COc1cccc(C#N)c1. The first-order chi connectivity index (χ1) is 10.2. The van der Waals surface area contributed by atoms with Crippen molar-refractivity contribution in [3.8, 4) is 11.8 Å².